The highest BCUT2D eigenvalue weighted by atomic mass is 16.2. The van der Waals surface area contributed by atoms with Gasteiger partial charge in [-0.2, -0.15) is 5.10 Å². The minimum absolute atomic E-state index is 0.0345. The average molecular weight is 225 g/mol. The first-order chi connectivity index (χ1) is 7.56. The van der Waals surface area contributed by atoms with Crippen LogP contribution in [0.4, 0.5) is 0 Å². The third kappa shape index (κ3) is 3.05. The van der Waals surface area contributed by atoms with Gasteiger partial charge in [0, 0.05) is 33.5 Å². The van der Waals surface area contributed by atoms with Crippen LogP contribution in [0.1, 0.15) is 32.6 Å². The summed E-state index contributed by atoms with van der Waals surface area (Å²) >= 11 is 0. The molecular formula is C11H19N3O2. The summed E-state index contributed by atoms with van der Waals surface area (Å²) in [6, 6.07) is 0. The molecule has 1 rings (SSSR count). The number of hydrogen-bond acceptors (Lipinski definition) is 3. The third-order valence-corrected chi connectivity index (χ3v) is 2.65. The van der Waals surface area contributed by atoms with E-state index >= 15 is 0 Å². The predicted molar refractivity (Wildman–Crippen MR) is 62.0 cm³/mol. The molecule has 0 aromatic carbocycles. The molecule has 0 saturated heterocycles. The topological polar surface area (TPSA) is 53.0 Å². The second-order valence-electron chi connectivity index (χ2n) is 4.04. The quantitative estimate of drug-likeness (QED) is 0.712. The fourth-order valence-corrected chi connectivity index (χ4v) is 1.54. The Morgan fingerprint density at radius 3 is 2.75 bits per heavy atom. The largest absolute Gasteiger partial charge is 0.341 e. The van der Waals surface area contributed by atoms with Crippen molar-refractivity contribution in [2.24, 2.45) is 5.10 Å². The average Bonchev–Trinajstić information content (AvgIpc) is 2.28. The molecule has 16 heavy (non-hydrogen) atoms. The maximum absolute atomic E-state index is 11.9. The van der Waals surface area contributed by atoms with Gasteiger partial charge in [0.1, 0.15) is 5.71 Å². The zero-order chi connectivity index (χ0) is 12.1. The number of hydrazone groups is 1. The summed E-state index contributed by atoms with van der Waals surface area (Å²) in [6.45, 7) is 2.83. The maximum atomic E-state index is 11.9. The highest BCUT2D eigenvalue weighted by molar-refractivity contribution is 6.39. The van der Waals surface area contributed by atoms with Crippen molar-refractivity contribution in [3.63, 3.8) is 0 Å². The lowest BCUT2D eigenvalue weighted by molar-refractivity contribution is -0.130. The van der Waals surface area contributed by atoms with Crippen LogP contribution in [0.2, 0.25) is 0 Å². The Bertz CT molecular complexity index is 312. The van der Waals surface area contributed by atoms with Gasteiger partial charge < -0.3 is 4.90 Å². The highest BCUT2D eigenvalue weighted by Crippen LogP contribution is 2.09. The smallest absolute Gasteiger partial charge is 0.269 e. The molecule has 0 unspecified atom stereocenters. The fourth-order valence-electron chi connectivity index (χ4n) is 1.54. The van der Waals surface area contributed by atoms with E-state index in [0.717, 1.165) is 19.4 Å². The molecule has 5 nitrogen and oxygen atoms in total. The number of rotatable bonds is 4. The van der Waals surface area contributed by atoms with E-state index < -0.39 is 0 Å². The molecule has 0 radical (unpaired) electrons. The maximum Gasteiger partial charge on any atom is 0.269 e. The highest BCUT2D eigenvalue weighted by Gasteiger charge is 2.23. The first-order valence-corrected chi connectivity index (χ1v) is 5.65. The molecule has 2 amide bonds. The lowest BCUT2D eigenvalue weighted by Gasteiger charge is -2.22. The molecule has 0 bridgehead atoms. The SMILES string of the molecule is CCCCN(C)C(=O)C1=NN(C)C(=O)CC1. The van der Waals surface area contributed by atoms with E-state index in [-0.39, 0.29) is 11.8 Å². The van der Waals surface area contributed by atoms with Crippen LogP contribution in [0.3, 0.4) is 0 Å². The molecule has 0 spiro atoms. The van der Waals surface area contributed by atoms with E-state index in [1.165, 1.54) is 5.01 Å². The number of hydrogen-bond donors (Lipinski definition) is 0. The van der Waals surface area contributed by atoms with Gasteiger partial charge in [0.2, 0.25) is 5.91 Å². The van der Waals surface area contributed by atoms with Crippen molar-refractivity contribution in [3.8, 4) is 0 Å². The summed E-state index contributed by atoms with van der Waals surface area (Å²) in [6.07, 6.45) is 2.88. The van der Waals surface area contributed by atoms with Gasteiger partial charge in [0.05, 0.1) is 0 Å². The molecule has 0 N–H and O–H groups in total. The first kappa shape index (κ1) is 12.7. The van der Waals surface area contributed by atoms with Gasteiger partial charge in [0.15, 0.2) is 0 Å². The van der Waals surface area contributed by atoms with Crippen LogP contribution < -0.4 is 0 Å². The lowest BCUT2D eigenvalue weighted by Crippen LogP contribution is -2.39. The summed E-state index contributed by atoms with van der Waals surface area (Å²) in [5.74, 6) is -0.0967. The number of carbonyl (C=O) groups is 2. The van der Waals surface area contributed by atoms with Crippen molar-refractivity contribution in [3.05, 3.63) is 0 Å². The van der Waals surface area contributed by atoms with Gasteiger partial charge in [-0.25, -0.2) is 5.01 Å². The van der Waals surface area contributed by atoms with Gasteiger partial charge in [-0.05, 0) is 6.42 Å². The Morgan fingerprint density at radius 1 is 1.50 bits per heavy atom. The van der Waals surface area contributed by atoms with Crippen molar-refractivity contribution in [2.45, 2.75) is 32.6 Å². The third-order valence-electron chi connectivity index (χ3n) is 2.65. The molecule has 0 fully saturated rings. The first-order valence-electron chi connectivity index (χ1n) is 5.65. The molecule has 1 heterocycles. The van der Waals surface area contributed by atoms with Gasteiger partial charge in [-0.1, -0.05) is 13.3 Å². The minimum atomic E-state index is -0.0622. The monoisotopic (exact) mass is 225 g/mol. The van der Waals surface area contributed by atoms with Crippen LogP contribution in [0.25, 0.3) is 0 Å². The van der Waals surface area contributed by atoms with Crippen LogP contribution in [0.15, 0.2) is 5.10 Å². The number of carbonyl (C=O) groups excluding carboxylic acids is 2. The standard InChI is InChI=1S/C11H19N3O2/c1-4-5-8-13(2)11(16)9-6-7-10(15)14(3)12-9/h4-8H2,1-3H3. The van der Waals surface area contributed by atoms with Gasteiger partial charge >= 0.3 is 0 Å². The van der Waals surface area contributed by atoms with E-state index in [1.807, 2.05) is 0 Å². The predicted octanol–water partition coefficient (Wildman–Crippen LogP) is 0.853. The normalized spacial score (nSPS) is 16.1. The number of nitrogens with zero attached hydrogens (tertiary/aromatic N) is 3. The zero-order valence-corrected chi connectivity index (χ0v) is 10.2. The zero-order valence-electron chi connectivity index (χ0n) is 10.2. The van der Waals surface area contributed by atoms with Crippen molar-refractivity contribution < 1.29 is 9.59 Å². The lowest BCUT2D eigenvalue weighted by atomic mass is 10.1. The van der Waals surface area contributed by atoms with Crippen molar-refractivity contribution in [2.75, 3.05) is 20.6 Å². The van der Waals surface area contributed by atoms with Crippen LogP contribution in [0.5, 0.6) is 0 Å². The molecule has 0 saturated carbocycles. The Hall–Kier alpha value is -1.39. The summed E-state index contributed by atoms with van der Waals surface area (Å²) in [5, 5.41) is 5.26. The van der Waals surface area contributed by atoms with Gasteiger partial charge in [0.25, 0.3) is 5.91 Å². The molecule has 90 valence electrons. The van der Waals surface area contributed by atoms with Gasteiger partial charge in [-0.15, -0.1) is 0 Å². The molecule has 0 aromatic rings. The molecule has 0 aromatic heterocycles. The molecule has 5 heteroatoms. The Kier molecular flexibility index (Phi) is 4.46. The summed E-state index contributed by atoms with van der Waals surface area (Å²) in [4.78, 5) is 24.8. The molecule has 0 atom stereocenters. The molecule has 0 aliphatic carbocycles. The van der Waals surface area contributed by atoms with E-state index in [1.54, 1.807) is 19.0 Å². The second-order valence-corrected chi connectivity index (χ2v) is 4.04. The van der Waals surface area contributed by atoms with Crippen LogP contribution in [-0.4, -0.2) is 48.1 Å². The Morgan fingerprint density at radius 2 is 2.19 bits per heavy atom. The summed E-state index contributed by atoms with van der Waals surface area (Å²) in [7, 11) is 3.36. The molecule has 1 aliphatic heterocycles. The van der Waals surface area contributed by atoms with Crippen LogP contribution >= 0.6 is 0 Å². The molecule has 1 aliphatic rings. The summed E-state index contributed by atoms with van der Waals surface area (Å²) in [5.41, 5.74) is 0.487. The van der Waals surface area contributed by atoms with Crippen LogP contribution in [0, 0.1) is 0 Å². The van der Waals surface area contributed by atoms with Gasteiger partial charge in [-0.3, -0.25) is 9.59 Å². The second kappa shape index (κ2) is 5.63. The van der Waals surface area contributed by atoms with Crippen LogP contribution in [-0.2, 0) is 9.59 Å². The van der Waals surface area contributed by atoms with E-state index in [4.69, 9.17) is 0 Å². The number of unbranched alkanes of at least 4 members (excludes halogenated alkanes) is 1. The van der Waals surface area contributed by atoms with Crippen molar-refractivity contribution in [1.29, 1.82) is 0 Å². The van der Waals surface area contributed by atoms with E-state index in [2.05, 4.69) is 12.0 Å². The number of amides is 2. The Balaban J connectivity index is 2.60. The Labute approximate surface area is 96.1 Å². The fraction of sp³-hybridized carbons (Fsp3) is 0.727. The molecular weight excluding hydrogens is 206 g/mol. The van der Waals surface area contributed by atoms with Crippen molar-refractivity contribution >= 4 is 17.5 Å². The minimum Gasteiger partial charge on any atom is -0.341 e. The van der Waals surface area contributed by atoms with Crippen molar-refractivity contribution in [1.82, 2.24) is 9.91 Å². The van der Waals surface area contributed by atoms with E-state index in [9.17, 15) is 9.59 Å². The van der Waals surface area contributed by atoms with E-state index in [0.29, 0.717) is 18.6 Å². The summed E-state index contributed by atoms with van der Waals surface area (Å²) < 4.78 is 0.